The summed E-state index contributed by atoms with van der Waals surface area (Å²) >= 11 is 0. The maximum atomic E-state index is 3.75. The van der Waals surface area contributed by atoms with Crippen LogP contribution < -0.4 is 5.32 Å². The predicted octanol–water partition coefficient (Wildman–Crippen LogP) is 2.64. The Kier molecular flexibility index (Phi) is 3.72. The van der Waals surface area contributed by atoms with Gasteiger partial charge in [0.1, 0.15) is 0 Å². The standard InChI is InChI=1S/C15H28N2/c1-12-4-7-17(8-5-12)9-6-13-10-14-2-3-15(11-13)16-14/h12-16H,2-11H2,1H3. The summed E-state index contributed by atoms with van der Waals surface area (Å²) in [5.41, 5.74) is 0. The Balaban J connectivity index is 1.39. The largest absolute Gasteiger partial charge is 0.311 e. The van der Waals surface area contributed by atoms with Gasteiger partial charge in [-0.2, -0.15) is 0 Å². The van der Waals surface area contributed by atoms with Crippen LogP contribution in [0.1, 0.15) is 51.9 Å². The van der Waals surface area contributed by atoms with E-state index in [2.05, 4.69) is 17.1 Å². The van der Waals surface area contributed by atoms with Crippen molar-refractivity contribution in [2.45, 2.75) is 64.0 Å². The first-order valence-electron chi connectivity index (χ1n) is 7.78. The van der Waals surface area contributed by atoms with Gasteiger partial charge in [0.05, 0.1) is 0 Å². The average Bonchev–Trinajstić information content (AvgIpc) is 2.68. The van der Waals surface area contributed by atoms with E-state index in [1.807, 2.05) is 0 Å². The third-order valence-electron chi connectivity index (χ3n) is 5.30. The van der Waals surface area contributed by atoms with E-state index in [4.69, 9.17) is 0 Å². The zero-order valence-corrected chi connectivity index (χ0v) is 11.3. The Morgan fingerprint density at radius 3 is 2.29 bits per heavy atom. The number of hydrogen-bond acceptors (Lipinski definition) is 2. The summed E-state index contributed by atoms with van der Waals surface area (Å²) < 4.78 is 0. The number of nitrogens with zero attached hydrogens (tertiary/aromatic N) is 1. The highest BCUT2D eigenvalue weighted by molar-refractivity contribution is 4.92. The molecule has 3 heterocycles. The first-order chi connectivity index (χ1) is 8.29. The van der Waals surface area contributed by atoms with Crippen LogP contribution >= 0.6 is 0 Å². The minimum absolute atomic E-state index is 0.875. The maximum Gasteiger partial charge on any atom is 0.00728 e. The van der Waals surface area contributed by atoms with Crippen molar-refractivity contribution < 1.29 is 0 Å². The highest BCUT2D eigenvalue weighted by Gasteiger charge is 2.33. The first kappa shape index (κ1) is 12.0. The van der Waals surface area contributed by atoms with Gasteiger partial charge in [-0.15, -0.1) is 0 Å². The lowest BCUT2D eigenvalue weighted by molar-refractivity contribution is 0.169. The molecule has 3 saturated heterocycles. The molecule has 2 atom stereocenters. The van der Waals surface area contributed by atoms with Crippen LogP contribution in [0.2, 0.25) is 0 Å². The molecule has 0 aromatic carbocycles. The van der Waals surface area contributed by atoms with Crippen LogP contribution in [0.25, 0.3) is 0 Å². The van der Waals surface area contributed by atoms with Gasteiger partial charge in [0, 0.05) is 12.1 Å². The van der Waals surface area contributed by atoms with E-state index in [0.717, 1.165) is 23.9 Å². The molecule has 3 fully saturated rings. The highest BCUT2D eigenvalue weighted by Crippen LogP contribution is 2.32. The second kappa shape index (κ2) is 5.27. The molecule has 0 saturated carbocycles. The molecular formula is C15H28N2. The smallest absolute Gasteiger partial charge is 0.00728 e. The molecule has 0 spiro atoms. The molecule has 0 amide bonds. The molecule has 2 bridgehead atoms. The lowest BCUT2D eigenvalue weighted by Gasteiger charge is -2.33. The fourth-order valence-electron chi connectivity index (χ4n) is 4.06. The Labute approximate surface area is 106 Å². The molecule has 0 aromatic rings. The quantitative estimate of drug-likeness (QED) is 0.810. The van der Waals surface area contributed by atoms with E-state index in [-0.39, 0.29) is 0 Å². The molecule has 3 rings (SSSR count). The zero-order valence-electron chi connectivity index (χ0n) is 11.3. The Bertz CT molecular complexity index is 233. The van der Waals surface area contributed by atoms with Crippen LogP contribution in [-0.4, -0.2) is 36.6 Å². The topological polar surface area (TPSA) is 15.3 Å². The zero-order chi connectivity index (χ0) is 11.7. The Hall–Kier alpha value is -0.0800. The summed E-state index contributed by atoms with van der Waals surface area (Å²) in [6, 6.07) is 1.75. The van der Waals surface area contributed by atoms with E-state index >= 15 is 0 Å². The monoisotopic (exact) mass is 236 g/mol. The molecule has 0 aromatic heterocycles. The van der Waals surface area contributed by atoms with Crippen LogP contribution in [-0.2, 0) is 0 Å². The van der Waals surface area contributed by atoms with E-state index in [1.54, 1.807) is 0 Å². The third kappa shape index (κ3) is 3.03. The Morgan fingerprint density at radius 1 is 1.00 bits per heavy atom. The van der Waals surface area contributed by atoms with Gasteiger partial charge in [0.15, 0.2) is 0 Å². The number of piperidine rings is 2. The second-order valence-corrected chi connectivity index (χ2v) is 6.79. The average molecular weight is 236 g/mol. The van der Waals surface area contributed by atoms with E-state index < -0.39 is 0 Å². The van der Waals surface area contributed by atoms with Crippen molar-refractivity contribution in [1.29, 1.82) is 0 Å². The van der Waals surface area contributed by atoms with Gasteiger partial charge >= 0.3 is 0 Å². The van der Waals surface area contributed by atoms with Crippen molar-refractivity contribution in [3.05, 3.63) is 0 Å². The molecule has 98 valence electrons. The van der Waals surface area contributed by atoms with E-state index in [9.17, 15) is 0 Å². The van der Waals surface area contributed by atoms with Gasteiger partial charge in [0.2, 0.25) is 0 Å². The van der Waals surface area contributed by atoms with Crippen molar-refractivity contribution in [3.63, 3.8) is 0 Å². The van der Waals surface area contributed by atoms with Gasteiger partial charge in [-0.25, -0.2) is 0 Å². The molecule has 3 aliphatic heterocycles. The minimum Gasteiger partial charge on any atom is -0.311 e. The molecule has 2 heteroatoms. The third-order valence-corrected chi connectivity index (χ3v) is 5.30. The molecular weight excluding hydrogens is 208 g/mol. The molecule has 1 N–H and O–H groups in total. The fraction of sp³-hybridized carbons (Fsp3) is 1.00. The second-order valence-electron chi connectivity index (χ2n) is 6.79. The summed E-state index contributed by atoms with van der Waals surface area (Å²) in [6.07, 6.45) is 10.1. The fourth-order valence-corrected chi connectivity index (χ4v) is 4.06. The summed E-state index contributed by atoms with van der Waals surface area (Å²) in [6.45, 7) is 6.50. The van der Waals surface area contributed by atoms with Crippen LogP contribution in [0.5, 0.6) is 0 Å². The molecule has 2 nitrogen and oxygen atoms in total. The number of fused-ring (bicyclic) bond motifs is 2. The lowest BCUT2D eigenvalue weighted by Crippen LogP contribution is -2.40. The number of hydrogen-bond donors (Lipinski definition) is 1. The maximum absolute atomic E-state index is 3.75. The lowest BCUT2D eigenvalue weighted by atomic mass is 9.89. The normalized spacial score (nSPS) is 39.7. The van der Waals surface area contributed by atoms with Gasteiger partial charge in [-0.1, -0.05) is 6.92 Å². The van der Waals surface area contributed by atoms with Crippen LogP contribution in [0.15, 0.2) is 0 Å². The van der Waals surface area contributed by atoms with Crippen LogP contribution in [0.3, 0.4) is 0 Å². The summed E-state index contributed by atoms with van der Waals surface area (Å²) in [4.78, 5) is 2.71. The number of nitrogens with one attached hydrogen (secondary N) is 1. The van der Waals surface area contributed by atoms with E-state index in [1.165, 1.54) is 64.6 Å². The van der Waals surface area contributed by atoms with Crippen LogP contribution in [0, 0.1) is 11.8 Å². The molecule has 0 aliphatic carbocycles. The predicted molar refractivity (Wildman–Crippen MR) is 72.1 cm³/mol. The number of likely N-dealkylation sites (tertiary alicyclic amines) is 1. The summed E-state index contributed by atoms with van der Waals surface area (Å²) in [5, 5.41) is 3.75. The number of rotatable bonds is 3. The minimum atomic E-state index is 0.875. The summed E-state index contributed by atoms with van der Waals surface area (Å²) in [5.74, 6) is 1.99. The molecule has 17 heavy (non-hydrogen) atoms. The van der Waals surface area contributed by atoms with Crippen molar-refractivity contribution >= 4 is 0 Å². The van der Waals surface area contributed by atoms with Crippen molar-refractivity contribution in [3.8, 4) is 0 Å². The molecule has 0 radical (unpaired) electrons. The molecule has 3 aliphatic rings. The van der Waals surface area contributed by atoms with Gasteiger partial charge in [-0.05, 0) is 76.4 Å². The first-order valence-corrected chi connectivity index (χ1v) is 7.78. The molecule has 2 unspecified atom stereocenters. The Morgan fingerprint density at radius 2 is 1.65 bits per heavy atom. The van der Waals surface area contributed by atoms with Gasteiger partial charge in [-0.3, -0.25) is 0 Å². The highest BCUT2D eigenvalue weighted by atomic mass is 15.1. The van der Waals surface area contributed by atoms with Gasteiger partial charge < -0.3 is 10.2 Å². The van der Waals surface area contributed by atoms with Crippen molar-refractivity contribution in [2.75, 3.05) is 19.6 Å². The SMILES string of the molecule is CC1CCN(CCC2CC3CCC(C2)N3)CC1. The van der Waals surface area contributed by atoms with Crippen LogP contribution in [0.4, 0.5) is 0 Å². The van der Waals surface area contributed by atoms with Crippen molar-refractivity contribution in [2.24, 2.45) is 11.8 Å². The van der Waals surface area contributed by atoms with Gasteiger partial charge in [0.25, 0.3) is 0 Å². The van der Waals surface area contributed by atoms with E-state index in [0.29, 0.717) is 0 Å². The van der Waals surface area contributed by atoms with Crippen molar-refractivity contribution in [1.82, 2.24) is 10.2 Å². The summed E-state index contributed by atoms with van der Waals surface area (Å²) in [7, 11) is 0.